The first-order valence-corrected chi connectivity index (χ1v) is 10.7. The first-order valence-electron chi connectivity index (χ1n) is 10.7. The monoisotopic (exact) mass is 434 g/mol. The molecule has 2 heterocycles. The molecule has 0 bridgehead atoms. The predicted molar refractivity (Wildman–Crippen MR) is 119 cm³/mol. The number of nitrogens with one attached hydrogen (secondary N) is 3. The molecule has 4 rings (SSSR count). The summed E-state index contributed by atoms with van der Waals surface area (Å²) in [7, 11) is 1.52. The van der Waals surface area contributed by atoms with Gasteiger partial charge in [0.15, 0.2) is 0 Å². The number of para-hydroxylation sites is 1. The highest BCUT2D eigenvalue weighted by Gasteiger charge is 2.40. The van der Waals surface area contributed by atoms with Crippen LogP contribution in [0.15, 0.2) is 54.6 Å². The molecule has 0 aromatic heterocycles. The fourth-order valence-corrected chi connectivity index (χ4v) is 4.38. The lowest BCUT2D eigenvalue weighted by Crippen LogP contribution is -2.55. The molecular weight excluding hydrogens is 408 g/mol. The molecule has 3 atom stereocenters. The number of nitrogens with zero attached hydrogens (tertiary/aromatic N) is 1. The van der Waals surface area contributed by atoms with E-state index in [0.717, 1.165) is 11.1 Å². The van der Waals surface area contributed by atoms with Gasteiger partial charge in [0.1, 0.15) is 18.6 Å². The number of hydrogen-bond donors (Lipinski definition) is 3. The zero-order valence-electron chi connectivity index (χ0n) is 17.8. The van der Waals surface area contributed by atoms with Crippen LogP contribution < -0.4 is 20.9 Å². The molecule has 4 amide bonds. The molecule has 8 nitrogen and oxygen atoms in total. The highest BCUT2D eigenvalue weighted by atomic mass is 16.2. The number of hydrogen-bond acceptors (Lipinski definition) is 4. The summed E-state index contributed by atoms with van der Waals surface area (Å²) >= 11 is 0. The van der Waals surface area contributed by atoms with Crippen molar-refractivity contribution < 1.29 is 19.2 Å². The van der Waals surface area contributed by atoms with Crippen LogP contribution in [0.2, 0.25) is 0 Å². The van der Waals surface area contributed by atoms with Gasteiger partial charge in [0, 0.05) is 25.1 Å². The van der Waals surface area contributed by atoms with Gasteiger partial charge in [0.2, 0.25) is 17.7 Å². The van der Waals surface area contributed by atoms with Crippen LogP contribution in [-0.2, 0) is 25.6 Å². The Kier molecular flexibility index (Phi) is 6.20. The van der Waals surface area contributed by atoms with Gasteiger partial charge in [-0.05, 0) is 30.0 Å². The van der Waals surface area contributed by atoms with Crippen LogP contribution in [0.4, 0.5) is 5.69 Å². The normalized spacial score (nSPS) is 22.5. The lowest BCUT2D eigenvalue weighted by Gasteiger charge is -2.29. The number of rotatable bonds is 5. The zero-order chi connectivity index (χ0) is 22.7. The quantitative estimate of drug-likeness (QED) is 0.649. The molecular formula is C24H26N4O4. The molecule has 0 radical (unpaired) electrons. The lowest BCUT2D eigenvalue weighted by atomic mass is 9.86. The van der Waals surface area contributed by atoms with Crippen molar-refractivity contribution in [1.29, 1.82) is 0 Å². The van der Waals surface area contributed by atoms with Crippen LogP contribution in [-0.4, -0.2) is 49.3 Å². The summed E-state index contributed by atoms with van der Waals surface area (Å²) in [5, 5.41) is 8.12. The highest BCUT2D eigenvalue weighted by Crippen LogP contribution is 2.35. The fourth-order valence-electron chi connectivity index (χ4n) is 4.38. The van der Waals surface area contributed by atoms with E-state index in [2.05, 4.69) is 16.0 Å². The number of carbonyl (C=O) groups is 4. The Morgan fingerprint density at radius 1 is 1.06 bits per heavy atom. The van der Waals surface area contributed by atoms with Gasteiger partial charge in [-0.25, -0.2) is 0 Å². The van der Waals surface area contributed by atoms with Gasteiger partial charge in [-0.1, -0.05) is 48.5 Å². The maximum atomic E-state index is 13.8. The van der Waals surface area contributed by atoms with Crippen molar-refractivity contribution in [2.75, 3.05) is 18.5 Å². The largest absolute Gasteiger partial charge is 0.358 e. The molecule has 0 saturated carbocycles. The van der Waals surface area contributed by atoms with Gasteiger partial charge in [-0.2, -0.15) is 0 Å². The van der Waals surface area contributed by atoms with E-state index < -0.39 is 12.1 Å². The van der Waals surface area contributed by atoms with Crippen molar-refractivity contribution in [3.8, 4) is 0 Å². The molecule has 8 heteroatoms. The molecule has 2 aromatic rings. The number of carbonyl (C=O) groups excluding carboxylic acids is 4. The molecule has 166 valence electrons. The van der Waals surface area contributed by atoms with Crippen LogP contribution >= 0.6 is 0 Å². The van der Waals surface area contributed by atoms with Crippen LogP contribution in [0.25, 0.3) is 0 Å². The van der Waals surface area contributed by atoms with Crippen molar-refractivity contribution in [2.45, 2.75) is 37.3 Å². The number of likely N-dealkylation sites (N-methyl/N-ethyl adjacent to an activating group) is 1. The van der Waals surface area contributed by atoms with Crippen LogP contribution in [0.1, 0.15) is 29.9 Å². The van der Waals surface area contributed by atoms with E-state index >= 15 is 0 Å². The number of amides is 4. The third-order valence-electron chi connectivity index (χ3n) is 6.07. The first kappa shape index (κ1) is 21.5. The van der Waals surface area contributed by atoms with Crippen molar-refractivity contribution in [2.24, 2.45) is 0 Å². The Balaban J connectivity index is 1.74. The summed E-state index contributed by atoms with van der Waals surface area (Å²) in [6, 6.07) is 15.5. The fraction of sp³-hybridized carbons (Fsp3) is 0.333. The third-order valence-corrected chi connectivity index (χ3v) is 6.07. The molecule has 2 aromatic carbocycles. The van der Waals surface area contributed by atoms with Gasteiger partial charge in [-0.3, -0.25) is 19.2 Å². The average molecular weight is 434 g/mol. The minimum Gasteiger partial charge on any atom is -0.358 e. The molecule has 1 saturated heterocycles. The molecule has 2 aliphatic rings. The van der Waals surface area contributed by atoms with Crippen LogP contribution in [0, 0.1) is 0 Å². The summed E-state index contributed by atoms with van der Waals surface area (Å²) in [6.45, 7) is -0.152. The van der Waals surface area contributed by atoms with Crippen molar-refractivity contribution in [1.82, 2.24) is 16.0 Å². The molecule has 3 N–H and O–H groups in total. The maximum absolute atomic E-state index is 13.8. The molecule has 1 fully saturated rings. The maximum Gasteiger partial charge on any atom is 0.250 e. The van der Waals surface area contributed by atoms with Crippen molar-refractivity contribution in [3.05, 3.63) is 65.7 Å². The van der Waals surface area contributed by atoms with Gasteiger partial charge < -0.3 is 20.9 Å². The minimum absolute atomic E-state index is 0.152. The van der Waals surface area contributed by atoms with E-state index in [1.54, 1.807) is 0 Å². The predicted octanol–water partition coefficient (Wildman–Crippen LogP) is 0.869. The summed E-state index contributed by atoms with van der Waals surface area (Å²) in [5.41, 5.74) is 2.50. The Morgan fingerprint density at radius 2 is 1.78 bits per heavy atom. The van der Waals surface area contributed by atoms with E-state index in [1.165, 1.54) is 11.9 Å². The zero-order valence-corrected chi connectivity index (χ0v) is 17.8. The smallest absolute Gasteiger partial charge is 0.250 e. The summed E-state index contributed by atoms with van der Waals surface area (Å²) in [4.78, 5) is 52.1. The van der Waals surface area contributed by atoms with Gasteiger partial charge in [0.25, 0.3) is 5.91 Å². The van der Waals surface area contributed by atoms with Crippen molar-refractivity contribution >= 4 is 29.3 Å². The van der Waals surface area contributed by atoms with E-state index in [1.807, 2.05) is 54.6 Å². The second-order valence-corrected chi connectivity index (χ2v) is 8.09. The summed E-state index contributed by atoms with van der Waals surface area (Å²) in [6.07, 6.45) is 1.19. The van der Waals surface area contributed by atoms with E-state index in [-0.39, 0.29) is 42.5 Å². The van der Waals surface area contributed by atoms with Gasteiger partial charge in [0.05, 0.1) is 0 Å². The Morgan fingerprint density at radius 3 is 2.47 bits per heavy atom. The standard InChI is InChI=1S/C24H26N4O4/c1-25-21(30)14-28-19-10-6-5-9-16(19)13-17(15-7-3-2-4-8-15)22(24(28)32)27-23(31)18-11-12-20(29)26-18/h2-10,17-18,22H,11-14H2,1H3,(H,25,30)(H,26,29)(H,27,31)/t17-,18+,22-/m1/s1. The molecule has 0 aliphatic carbocycles. The molecule has 32 heavy (non-hydrogen) atoms. The Bertz CT molecular complexity index is 1040. The lowest BCUT2D eigenvalue weighted by molar-refractivity contribution is -0.130. The first-order chi connectivity index (χ1) is 15.5. The highest BCUT2D eigenvalue weighted by molar-refractivity contribution is 6.05. The SMILES string of the molecule is CNC(=O)CN1C(=O)[C@H](NC(=O)[C@@H]2CCC(=O)N2)[C@@H](c2ccccc2)Cc2ccccc21. The Hall–Kier alpha value is -3.68. The second-order valence-electron chi connectivity index (χ2n) is 8.09. The number of benzene rings is 2. The van der Waals surface area contributed by atoms with Crippen LogP contribution in [0.5, 0.6) is 0 Å². The van der Waals surface area contributed by atoms with Gasteiger partial charge in [-0.15, -0.1) is 0 Å². The summed E-state index contributed by atoms with van der Waals surface area (Å²) in [5.74, 6) is -1.56. The molecule has 0 unspecified atom stereocenters. The van der Waals surface area contributed by atoms with Crippen molar-refractivity contribution in [3.63, 3.8) is 0 Å². The molecule has 2 aliphatic heterocycles. The minimum atomic E-state index is -0.889. The van der Waals surface area contributed by atoms with E-state index in [4.69, 9.17) is 0 Å². The summed E-state index contributed by atoms with van der Waals surface area (Å²) < 4.78 is 0. The van der Waals surface area contributed by atoms with E-state index in [0.29, 0.717) is 18.5 Å². The Labute approximate surface area is 186 Å². The van der Waals surface area contributed by atoms with E-state index in [9.17, 15) is 19.2 Å². The second kappa shape index (κ2) is 9.21. The average Bonchev–Trinajstić information content (AvgIpc) is 3.22. The number of anilines is 1. The third kappa shape index (κ3) is 4.34. The topological polar surface area (TPSA) is 108 Å². The number of fused-ring (bicyclic) bond motifs is 1. The molecule has 0 spiro atoms. The van der Waals surface area contributed by atoms with Gasteiger partial charge >= 0.3 is 0 Å². The van der Waals surface area contributed by atoms with Crippen LogP contribution in [0.3, 0.4) is 0 Å².